The summed E-state index contributed by atoms with van der Waals surface area (Å²) in [7, 11) is 0. The number of hydrogen-bond donors (Lipinski definition) is 2. The van der Waals surface area contributed by atoms with Gasteiger partial charge in [0, 0.05) is 12.6 Å². The highest BCUT2D eigenvalue weighted by Crippen LogP contribution is 2.27. The molecule has 2 N–H and O–H groups in total. The molecule has 100 valence electrons. The monoisotopic (exact) mass is 240 g/mol. The van der Waals surface area contributed by atoms with Crippen LogP contribution in [0.25, 0.3) is 0 Å². The zero-order chi connectivity index (χ0) is 12.8. The summed E-state index contributed by atoms with van der Waals surface area (Å²) < 4.78 is 0. The van der Waals surface area contributed by atoms with Crippen LogP contribution in [-0.4, -0.2) is 24.5 Å². The van der Waals surface area contributed by atoms with Crippen molar-refractivity contribution in [2.24, 2.45) is 11.8 Å². The van der Waals surface area contributed by atoms with Gasteiger partial charge in [-0.2, -0.15) is 0 Å². The summed E-state index contributed by atoms with van der Waals surface area (Å²) >= 11 is 0. The molecule has 1 saturated carbocycles. The maximum atomic E-state index is 11.8. The molecule has 0 aromatic carbocycles. The minimum Gasteiger partial charge on any atom is -0.354 e. The minimum absolute atomic E-state index is 0.0608. The van der Waals surface area contributed by atoms with Gasteiger partial charge in [-0.15, -0.1) is 0 Å². The molecule has 0 aromatic heterocycles. The Hall–Kier alpha value is -0.570. The van der Waals surface area contributed by atoms with Crippen molar-refractivity contribution >= 4 is 5.91 Å². The van der Waals surface area contributed by atoms with Gasteiger partial charge in [0.25, 0.3) is 0 Å². The van der Waals surface area contributed by atoms with Crippen LogP contribution in [-0.2, 0) is 4.79 Å². The van der Waals surface area contributed by atoms with Crippen molar-refractivity contribution in [3.8, 4) is 0 Å². The molecule has 0 aromatic rings. The van der Waals surface area contributed by atoms with Crippen molar-refractivity contribution in [2.45, 2.75) is 65.5 Å². The fourth-order valence-corrected chi connectivity index (χ4v) is 2.48. The molecule has 1 fully saturated rings. The molecule has 1 aliphatic carbocycles. The van der Waals surface area contributed by atoms with Gasteiger partial charge < -0.3 is 10.6 Å². The predicted octanol–water partition coefficient (Wildman–Crippen LogP) is 2.32. The van der Waals surface area contributed by atoms with Crippen LogP contribution < -0.4 is 10.6 Å². The van der Waals surface area contributed by atoms with Gasteiger partial charge in [-0.1, -0.05) is 27.2 Å². The summed E-state index contributed by atoms with van der Waals surface area (Å²) in [6, 6.07) is 0.481. The van der Waals surface area contributed by atoms with Crippen LogP contribution in [0.5, 0.6) is 0 Å². The first kappa shape index (κ1) is 14.5. The van der Waals surface area contributed by atoms with Crippen molar-refractivity contribution in [1.82, 2.24) is 10.6 Å². The molecule has 0 saturated heterocycles. The fraction of sp³-hybridized carbons (Fsp3) is 0.929. The van der Waals surface area contributed by atoms with Crippen LogP contribution in [0.1, 0.15) is 53.4 Å². The Morgan fingerprint density at radius 2 is 2.00 bits per heavy atom. The summed E-state index contributed by atoms with van der Waals surface area (Å²) in [4.78, 5) is 11.8. The molecule has 1 amide bonds. The summed E-state index contributed by atoms with van der Waals surface area (Å²) in [6.07, 6.45) is 5.04. The first-order valence-electron chi connectivity index (χ1n) is 7.06. The predicted molar refractivity (Wildman–Crippen MR) is 71.9 cm³/mol. The van der Waals surface area contributed by atoms with Crippen molar-refractivity contribution in [3.63, 3.8) is 0 Å². The summed E-state index contributed by atoms with van der Waals surface area (Å²) in [5.41, 5.74) is 0. The largest absolute Gasteiger partial charge is 0.354 e. The van der Waals surface area contributed by atoms with E-state index in [1.165, 1.54) is 25.7 Å². The maximum absolute atomic E-state index is 11.8. The molecular weight excluding hydrogens is 212 g/mol. The van der Waals surface area contributed by atoms with E-state index >= 15 is 0 Å². The van der Waals surface area contributed by atoms with E-state index in [1.54, 1.807) is 0 Å². The third-order valence-corrected chi connectivity index (χ3v) is 3.68. The van der Waals surface area contributed by atoms with Gasteiger partial charge in [-0.3, -0.25) is 4.79 Å². The zero-order valence-corrected chi connectivity index (χ0v) is 11.8. The second-order valence-electron chi connectivity index (χ2n) is 5.81. The summed E-state index contributed by atoms with van der Waals surface area (Å²) in [6.45, 7) is 9.22. The normalized spacial score (nSPS) is 26.2. The van der Waals surface area contributed by atoms with Gasteiger partial charge in [0.1, 0.15) is 0 Å². The maximum Gasteiger partial charge on any atom is 0.236 e. The Kier molecular flexibility index (Phi) is 5.96. The third-order valence-electron chi connectivity index (χ3n) is 3.68. The molecule has 17 heavy (non-hydrogen) atoms. The van der Waals surface area contributed by atoms with Gasteiger partial charge in [0.05, 0.1) is 6.04 Å². The zero-order valence-electron chi connectivity index (χ0n) is 11.8. The van der Waals surface area contributed by atoms with Crippen LogP contribution in [0.3, 0.4) is 0 Å². The summed E-state index contributed by atoms with van der Waals surface area (Å²) in [5, 5.41) is 6.43. The molecule has 0 radical (unpaired) electrons. The summed E-state index contributed by atoms with van der Waals surface area (Å²) in [5.74, 6) is 1.51. The van der Waals surface area contributed by atoms with Crippen molar-refractivity contribution in [2.75, 3.05) is 6.54 Å². The molecule has 3 heteroatoms. The molecule has 0 spiro atoms. The number of amides is 1. The molecule has 0 bridgehead atoms. The average molecular weight is 240 g/mol. The quantitative estimate of drug-likeness (QED) is 0.748. The molecule has 3 atom stereocenters. The highest BCUT2D eigenvalue weighted by molar-refractivity contribution is 5.81. The second-order valence-corrected chi connectivity index (χ2v) is 5.81. The Morgan fingerprint density at radius 3 is 2.53 bits per heavy atom. The molecule has 1 aliphatic rings. The standard InChI is InChI=1S/C14H28N2O/c1-5-12-6-7-13(8-12)16-11(4)14(17)15-9-10(2)3/h10-13,16H,5-9H2,1-4H3,(H,15,17). The third kappa shape index (κ3) is 5.07. The lowest BCUT2D eigenvalue weighted by Gasteiger charge is -2.19. The molecule has 0 aliphatic heterocycles. The van der Waals surface area contributed by atoms with Gasteiger partial charge in [-0.25, -0.2) is 0 Å². The molecule has 1 rings (SSSR count). The minimum atomic E-state index is -0.0608. The number of rotatable bonds is 6. The van der Waals surface area contributed by atoms with Gasteiger partial charge >= 0.3 is 0 Å². The smallest absolute Gasteiger partial charge is 0.236 e. The fourth-order valence-electron chi connectivity index (χ4n) is 2.48. The number of carbonyl (C=O) groups excluding carboxylic acids is 1. The van der Waals surface area contributed by atoms with E-state index < -0.39 is 0 Å². The Bertz CT molecular complexity index is 240. The Balaban J connectivity index is 2.24. The number of nitrogens with one attached hydrogen (secondary N) is 2. The van der Waals surface area contributed by atoms with Crippen LogP contribution in [0.15, 0.2) is 0 Å². The lowest BCUT2D eigenvalue weighted by atomic mass is 10.1. The van der Waals surface area contributed by atoms with E-state index in [0.717, 1.165) is 12.5 Å². The van der Waals surface area contributed by atoms with Gasteiger partial charge in [0.2, 0.25) is 5.91 Å². The van der Waals surface area contributed by atoms with Crippen LogP contribution >= 0.6 is 0 Å². The van der Waals surface area contributed by atoms with Gasteiger partial charge in [0.15, 0.2) is 0 Å². The van der Waals surface area contributed by atoms with E-state index in [1.807, 2.05) is 6.92 Å². The highest BCUT2D eigenvalue weighted by Gasteiger charge is 2.25. The molecule has 3 unspecified atom stereocenters. The number of hydrogen-bond acceptors (Lipinski definition) is 2. The van der Waals surface area contributed by atoms with Crippen LogP contribution in [0.2, 0.25) is 0 Å². The highest BCUT2D eigenvalue weighted by atomic mass is 16.2. The molecule has 0 heterocycles. The lowest BCUT2D eigenvalue weighted by molar-refractivity contribution is -0.123. The van der Waals surface area contributed by atoms with E-state index in [2.05, 4.69) is 31.4 Å². The molecule has 3 nitrogen and oxygen atoms in total. The molecular formula is C14H28N2O. The first-order chi connectivity index (χ1) is 8.02. The van der Waals surface area contributed by atoms with Crippen molar-refractivity contribution in [1.29, 1.82) is 0 Å². The van der Waals surface area contributed by atoms with Crippen LogP contribution in [0.4, 0.5) is 0 Å². The van der Waals surface area contributed by atoms with E-state index in [0.29, 0.717) is 12.0 Å². The number of carbonyl (C=O) groups is 1. The van der Waals surface area contributed by atoms with E-state index in [4.69, 9.17) is 0 Å². The van der Waals surface area contributed by atoms with Crippen molar-refractivity contribution in [3.05, 3.63) is 0 Å². The van der Waals surface area contributed by atoms with Crippen molar-refractivity contribution < 1.29 is 4.79 Å². The Labute approximate surface area is 106 Å². The second kappa shape index (κ2) is 7.00. The van der Waals surface area contributed by atoms with E-state index in [-0.39, 0.29) is 11.9 Å². The first-order valence-corrected chi connectivity index (χ1v) is 7.06. The lowest BCUT2D eigenvalue weighted by Crippen LogP contribution is -2.46. The van der Waals surface area contributed by atoms with Gasteiger partial charge in [-0.05, 0) is 38.0 Å². The Morgan fingerprint density at radius 1 is 1.29 bits per heavy atom. The average Bonchev–Trinajstić information content (AvgIpc) is 2.73. The topological polar surface area (TPSA) is 41.1 Å². The SMILES string of the molecule is CCC1CCC(NC(C)C(=O)NCC(C)C)C1. The van der Waals surface area contributed by atoms with Crippen LogP contribution in [0, 0.1) is 11.8 Å². The van der Waals surface area contributed by atoms with E-state index in [9.17, 15) is 4.79 Å².